The van der Waals surface area contributed by atoms with Gasteiger partial charge in [-0.1, -0.05) is 0 Å². The summed E-state index contributed by atoms with van der Waals surface area (Å²) in [6.45, 7) is 0.965. The molecule has 2 bridgehead atoms. The maximum absolute atomic E-state index is 10.6. The molecule has 0 N–H and O–H groups in total. The van der Waals surface area contributed by atoms with Crippen LogP contribution in [0.1, 0.15) is 0 Å². The average molecular weight is 130 g/mol. The highest BCUT2D eigenvalue weighted by Gasteiger charge is 2.37. The second kappa shape index (κ2) is 1.68. The summed E-state index contributed by atoms with van der Waals surface area (Å²) in [4.78, 5) is 10.6. The number of esters is 1. The maximum atomic E-state index is 10.6. The van der Waals surface area contributed by atoms with E-state index in [-0.39, 0.29) is 6.10 Å². The molecular weight excluding hydrogens is 124 g/mol. The van der Waals surface area contributed by atoms with Gasteiger partial charge in [0, 0.05) is 0 Å². The van der Waals surface area contributed by atoms with Crippen molar-refractivity contribution >= 4 is 5.97 Å². The van der Waals surface area contributed by atoms with E-state index < -0.39 is 12.3 Å². The van der Waals surface area contributed by atoms with Crippen molar-refractivity contribution in [3.8, 4) is 0 Å². The monoisotopic (exact) mass is 130 g/mol. The zero-order valence-electron chi connectivity index (χ0n) is 4.70. The van der Waals surface area contributed by atoms with E-state index in [2.05, 4.69) is 0 Å². The van der Waals surface area contributed by atoms with Crippen molar-refractivity contribution in [2.75, 3.05) is 13.2 Å². The quantitative estimate of drug-likeness (QED) is 0.406. The Hall–Kier alpha value is -0.610. The Morgan fingerprint density at radius 3 is 2.22 bits per heavy atom. The molecule has 3 aliphatic heterocycles. The predicted octanol–water partition coefficient (Wildman–Crippen LogP) is -0.715. The third kappa shape index (κ3) is 0.710. The largest absolute Gasteiger partial charge is 0.454 e. The van der Waals surface area contributed by atoms with Crippen LogP contribution in [0.15, 0.2) is 0 Å². The van der Waals surface area contributed by atoms with Gasteiger partial charge in [-0.2, -0.15) is 0 Å². The first kappa shape index (κ1) is 5.20. The van der Waals surface area contributed by atoms with Crippen LogP contribution in [0.5, 0.6) is 0 Å². The Balaban J connectivity index is 2.15. The lowest BCUT2D eigenvalue weighted by molar-refractivity contribution is -0.273. The van der Waals surface area contributed by atoms with Gasteiger partial charge < -0.3 is 14.2 Å². The third-order valence-electron chi connectivity index (χ3n) is 1.34. The first-order valence-electron chi connectivity index (χ1n) is 2.80. The fourth-order valence-corrected chi connectivity index (χ4v) is 0.910. The first-order valence-corrected chi connectivity index (χ1v) is 2.80. The number of carbonyl (C=O) groups excluding carboxylic acids is 1. The molecule has 0 aliphatic carbocycles. The number of carbonyl (C=O) groups is 1. The van der Waals surface area contributed by atoms with Crippen molar-refractivity contribution in [3.63, 3.8) is 0 Å². The molecule has 4 nitrogen and oxygen atoms in total. The Labute approximate surface area is 51.7 Å². The van der Waals surface area contributed by atoms with Gasteiger partial charge in [-0.05, 0) is 0 Å². The lowest BCUT2D eigenvalue weighted by Gasteiger charge is -2.34. The van der Waals surface area contributed by atoms with Crippen molar-refractivity contribution in [1.82, 2.24) is 0 Å². The topological polar surface area (TPSA) is 44.8 Å². The van der Waals surface area contributed by atoms with Gasteiger partial charge in [-0.25, -0.2) is 4.79 Å². The van der Waals surface area contributed by atoms with Crippen molar-refractivity contribution < 1.29 is 19.0 Å². The second-order valence-corrected chi connectivity index (χ2v) is 2.06. The van der Waals surface area contributed by atoms with Crippen LogP contribution in [0.25, 0.3) is 0 Å². The standard InChI is InChI=1S/C5H6O4/c6-4-5-7-1-3(9-4)2-8-5/h3,5H,1-2H2. The van der Waals surface area contributed by atoms with Crippen LogP contribution < -0.4 is 0 Å². The number of hydrogen-bond donors (Lipinski definition) is 0. The van der Waals surface area contributed by atoms with Gasteiger partial charge in [-0.15, -0.1) is 0 Å². The van der Waals surface area contributed by atoms with E-state index >= 15 is 0 Å². The molecule has 0 saturated carbocycles. The molecule has 3 heterocycles. The second-order valence-electron chi connectivity index (χ2n) is 2.06. The lowest BCUT2D eigenvalue weighted by atomic mass is 10.3. The van der Waals surface area contributed by atoms with Crippen LogP contribution in [-0.2, 0) is 19.0 Å². The molecule has 9 heavy (non-hydrogen) atoms. The maximum Gasteiger partial charge on any atom is 0.363 e. The van der Waals surface area contributed by atoms with E-state index in [1.807, 2.05) is 0 Å². The van der Waals surface area contributed by atoms with Crippen molar-refractivity contribution in [3.05, 3.63) is 0 Å². The zero-order chi connectivity index (χ0) is 6.27. The van der Waals surface area contributed by atoms with E-state index in [1.54, 1.807) is 0 Å². The summed E-state index contributed by atoms with van der Waals surface area (Å²) < 4.78 is 14.6. The highest BCUT2D eigenvalue weighted by atomic mass is 16.8. The van der Waals surface area contributed by atoms with Crippen molar-refractivity contribution in [2.24, 2.45) is 0 Å². The Bertz CT molecular complexity index is 136. The van der Waals surface area contributed by atoms with E-state index in [0.29, 0.717) is 13.2 Å². The predicted molar refractivity (Wildman–Crippen MR) is 25.6 cm³/mol. The van der Waals surface area contributed by atoms with Crippen molar-refractivity contribution in [1.29, 1.82) is 0 Å². The highest BCUT2D eigenvalue weighted by Crippen LogP contribution is 2.16. The van der Waals surface area contributed by atoms with Crippen LogP contribution >= 0.6 is 0 Å². The molecule has 3 saturated heterocycles. The first-order chi connectivity index (χ1) is 4.36. The summed E-state index contributed by atoms with van der Waals surface area (Å²) in [5, 5.41) is 0. The Morgan fingerprint density at radius 2 is 2.00 bits per heavy atom. The number of rotatable bonds is 0. The lowest BCUT2D eigenvalue weighted by Crippen LogP contribution is -2.50. The molecule has 50 valence electrons. The van der Waals surface area contributed by atoms with Crippen LogP contribution in [0.3, 0.4) is 0 Å². The van der Waals surface area contributed by atoms with Crippen LogP contribution in [0.2, 0.25) is 0 Å². The Kier molecular flexibility index (Phi) is 0.972. The smallest absolute Gasteiger partial charge is 0.363 e. The summed E-state index contributed by atoms with van der Waals surface area (Å²) in [5.41, 5.74) is 0. The molecular formula is C5H6O4. The van der Waals surface area contributed by atoms with E-state index in [4.69, 9.17) is 14.2 Å². The SMILES string of the molecule is O=C1OC2COC1OC2. The number of ether oxygens (including phenoxy) is 3. The average Bonchev–Trinajstić information content (AvgIpc) is 1.90. The van der Waals surface area contributed by atoms with Gasteiger partial charge in [0.2, 0.25) is 0 Å². The molecule has 0 aromatic heterocycles. The van der Waals surface area contributed by atoms with Gasteiger partial charge >= 0.3 is 5.97 Å². The number of hydrogen-bond acceptors (Lipinski definition) is 4. The van der Waals surface area contributed by atoms with Gasteiger partial charge in [0.15, 0.2) is 0 Å². The minimum absolute atomic E-state index is 0.164. The highest BCUT2D eigenvalue weighted by molar-refractivity contribution is 5.74. The van der Waals surface area contributed by atoms with E-state index in [0.717, 1.165) is 0 Å². The molecule has 0 aromatic rings. The Morgan fingerprint density at radius 1 is 1.33 bits per heavy atom. The minimum Gasteiger partial charge on any atom is -0.454 e. The van der Waals surface area contributed by atoms with Crippen LogP contribution in [-0.4, -0.2) is 31.6 Å². The van der Waals surface area contributed by atoms with Gasteiger partial charge in [-0.3, -0.25) is 0 Å². The molecule has 0 radical (unpaired) electrons. The molecule has 3 rings (SSSR count). The van der Waals surface area contributed by atoms with Crippen LogP contribution in [0, 0.1) is 0 Å². The molecule has 3 fully saturated rings. The minimum atomic E-state index is -0.741. The summed E-state index contributed by atoms with van der Waals surface area (Å²) in [5.74, 6) is -0.391. The zero-order valence-corrected chi connectivity index (χ0v) is 4.70. The molecule has 3 aliphatic rings. The molecule has 0 amide bonds. The molecule has 0 atom stereocenters. The molecule has 0 aromatic carbocycles. The third-order valence-corrected chi connectivity index (χ3v) is 1.34. The fraction of sp³-hybridized carbons (Fsp3) is 0.800. The van der Waals surface area contributed by atoms with E-state index in [9.17, 15) is 4.79 Å². The van der Waals surface area contributed by atoms with Crippen molar-refractivity contribution in [2.45, 2.75) is 12.4 Å². The molecule has 0 spiro atoms. The number of fused-ring (bicyclic) bond motifs is 3. The fourth-order valence-electron chi connectivity index (χ4n) is 0.910. The molecule has 4 heteroatoms. The van der Waals surface area contributed by atoms with E-state index in [1.165, 1.54) is 0 Å². The summed E-state index contributed by atoms with van der Waals surface area (Å²) in [6, 6.07) is 0. The van der Waals surface area contributed by atoms with Crippen LogP contribution in [0.4, 0.5) is 0 Å². The summed E-state index contributed by atoms with van der Waals surface area (Å²) in [7, 11) is 0. The summed E-state index contributed by atoms with van der Waals surface area (Å²) in [6.07, 6.45) is -0.905. The van der Waals surface area contributed by atoms with Gasteiger partial charge in [0.1, 0.15) is 6.10 Å². The normalized spacial score (nSPS) is 40.7. The van der Waals surface area contributed by atoms with Gasteiger partial charge in [0.25, 0.3) is 6.29 Å². The molecule has 0 unspecified atom stereocenters. The summed E-state index contributed by atoms with van der Waals surface area (Å²) >= 11 is 0. The van der Waals surface area contributed by atoms with Gasteiger partial charge in [0.05, 0.1) is 13.2 Å².